The van der Waals surface area contributed by atoms with E-state index in [4.69, 9.17) is 9.47 Å². The minimum Gasteiger partial charge on any atom is -0.496 e. The van der Waals surface area contributed by atoms with Crippen LogP contribution in [0.3, 0.4) is 0 Å². The van der Waals surface area contributed by atoms with Gasteiger partial charge in [0.25, 0.3) is 5.91 Å². The van der Waals surface area contributed by atoms with Crippen molar-refractivity contribution < 1.29 is 14.3 Å². The number of carbonyl (C=O) groups is 1. The van der Waals surface area contributed by atoms with Gasteiger partial charge < -0.3 is 14.4 Å². The third-order valence-corrected chi connectivity index (χ3v) is 3.11. The molecule has 4 heteroatoms. The van der Waals surface area contributed by atoms with E-state index in [0.717, 1.165) is 5.56 Å². The minimum absolute atomic E-state index is 0.0192. The first-order valence-electron chi connectivity index (χ1n) is 6.17. The van der Waals surface area contributed by atoms with Crippen LogP contribution in [-0.2, 0) is 4.74 Å². The van der Waals surface area contributed by atoms with Crippen LogP contribution in [0.1, 0.15) is 22.8 Å². The largest absolute Gasteiger partial charge is 0.496 e. The van der Waals surface area contributed by atoms with Gasteiger partial charge in [0.15, 0.2) is 0 Å². The highest BCUT2D eigenvalue weighted by atomic mass is 16.5. The predicted octanol–water partition coefficient (Wildman–Crippen LogP) is 1.86. The van der Waals surface area contributed by atoms with Crippen molar-refractivity contribution in [2.75, 3.05) is 26.8 Å². The molecule has 1 fully saturated rings. The summed E-state index contributed by atoms with van der Waals surface area (Å²) in [6, 6.07) is 5.66. The zero-order chi connectivity index (χ0) is 13.1. The Morgan fingerprint density at radius 3 is 2.94 bits per heavy atom. The highest BCUT2D eigenvalue weighted by Gasteiger charge is 2.24. The number of nitrogens with zero attached hydrogens (tertiary/aromatic N) is 1. The monoisotopic (exact) mass is 249 g/mol. The van der Waals surface area contributed by atoms with Crippen LogP contribution in [0.15, 0.2) is 18.2 Å². The lowest BCUT2D eigenvalue weighted by atomic mass is 10.1. The Balaban J connectivity index is 2.24. The molecule has 0 aliphatic carbocycles. The molecular weight excluding hydrogens is 230 g/mol. The molecule has 1 aliphatic rings. The summed E-state index contributed by atoms with van der Waals surface area (Å²) in [6.45, 7) is 5.82. The fraction of sp³-hybridized carbons (Fsp3) is 0.500. The van der Waals surface area contributed by atoms with Gasteiger partial charge in [-0.25, -0.2) is 0 Å². The molecule has 18 heavy (non-hydrogen) atoms. The highest BCUT2D eigenvalue weighted by molar-refractivity contribution is 5.97. The molecule has 1 amide bonds. The molecule has 1 aromatic carbocycles. The van der Waals surface area contributed by atoms with E-state index in [9.17, 15) is 4.79 Å². The second kappa shape index (κ2) is 5.40. The Kier molecular flexibility index (Phi) is 3.87. The Bertz CT molecular complexity index is 445. The molecule has 0 saturated carbocycles. The Labute approximate surface area is 107 Å². The third kappa shape index (κ3) is 2.64. The Morgan fingerprint density at radius 2 is 2.28 bits per heavy atom. The first-order valence-corrected chi connectivity index (χ1v) is 6.17. The van der Waals surface area contributed by atoms with E-state index in [1.165, 1.54) is 0 Å². The van der Waals surface area contributed by atoms with Gasteiger partial charge >= 0.3 is 0 Å². The molecule has 1 saturated heterocycles. The van der Waals surface area contributed by atoms with Crippen LogP contribution in [0.25, 0.3) is 0 Å². The number of methoxy groups -OCH3 is 1. The predicted molar refractivity (Wildman–Crippen MR) is 69.0 cm³/mol. The maximum atomic E-state index is 12.5. The van der Waals surface area contributed by atoms with Crippen LogP contribution in [0.5, 0.6) is 5.75 Å². The van der Waals surface area contributed by atoms with Crippen LogP contribution >= 0.6 is 0 Å². The summed E-state index contributed by atoms with van der Waals surface area (Å²) in [6.07, 6.45) is 0.0958. The summed E-state index contributed by atoms with van der Waals surface area (Å²) < 4.78 is 10.7. The third-order valence-electron chi connectivity index (χ3n) is 3.11. The minimum atomic E-state index is 0.0192. The number of benzene rings is 1. The topological polar surface area (TPSA) is 38.8 Å². The first kappa shape index (κ1) is 12.9. The first-order chi connectivity index (χ1) is 8.61. The average Bonchev–Trinajstić information content (AvgIpc) is 2.38. The molecular formula is C14H19NO3. The normalized spacial score (nSPS) is 19.7. The van der Waals surface area contributed by atoms with Crippen LogP contribution in [0, 0.1) is 6.92 Å². The van der Waals surface area contributed by atoms with Crippen molar-refractivity contribution in [2.24, 2.45) is 0 Å². The van der Waals surface area contributed by atoms with Gasteiger partial charge in [-0.1, -0.05) is 11.6 Å². The smallest absolute Gasteiger partial charge is 0.257 e. The Hall–Kier alpha value is -1.55. The van der Waals surface area contributed by atoms with Crippen molar-refractivity contribution in [3.63, 3.8) is 0 Å². The fourth-order valence-corrected chi connectivity index (χ4v) is 2.16. The summed E-state index contributed by atoms with van der Waals surface area (Å²) in [5, 5.41) is 0. The van der Waals surface area contributed by atoms with Crippen LogP contribution in [0.4, 0.5) is 0 Å². The molecule has 1 atom stereocenters. The van der Waals surface area contributed by atoms with Gasteiger partial charge in [-0.15, -0.1) is 0 Å². The van der Waals surface area contributed by atoms with Crippen molar-refractivity contribution in [3.8, 4) is 5.75 Å². The summed E-state index contributed by atoms with van der Waals surface area (Å²) in [4.78, 5) is 14.3. The van der Waals surface area contributed by atoms with Gasteiger partial charge in [0.2, 0.25) is 0 Å². The van der Waals surface area contributed by atoms with E-state index in [2.05, 4.69) is 0 Å². The van der Waals surface area contributed by atoms with Crippen molar-refractivity contribution in [2.45, 2.75) is 20.0 Å². The lowest BCUT2D eigenvalue weighted by Crippen LogP contribution is -2.44. The Morgan fingerprint density at radius 1 is 1.50 bits per heavy atom. The van der Waals surface area contributed by atoms with Gasteiger partial charge in [0.05, 0.1) is 25.4 Å². The van der Waals surface area contributed by atoms with Gasteiger partial charge in [0, 0.05) is 13.1 Å². The quantitative estimate of drug-likeness (QED) is 0.803. The van der Waals surface area contributed by atoms with Crippen molar-refractivity contribution in [1.82, 2.24) is 4.90 Å². The molecule has 1 heterocycles. The summed E-state index contributed by atoms with van der Waals surface area (Å²) in [7, 11) is 1.59. The molecule has 0 aromatic heterocycles. The van der Waals surface area contributed by atoms with Crippen molar-refractivity contribution >= 4 is 5.91 Å². The maximum absolute atomic E-state index is 12.5. The van der Waals surface area contributed by atoms with Gasteiger partial charge in [-0.2, -0.15) is 0 Å². The average molecular weight is 249 g/mol. The number of carbonyl (C=O) groups excluding carboxylic acids is 1. The van der Waals surface area contributed by atoms with E-state index in [1.807, 2.05) is 36.9 Å². The fourth-order valence-electron chi connectivity index (χ4n) is 2.16. The van der Waals surface area contributed by atoms with Crippen molar-refractivity contribution in [1.29, 1.82) is 0 Å². The van der Waals surface area contributed by atoms with E-state index in [1.54, 1.807) is 7.11 Å². The molecule has 98 valence electrons. The molecule has 4 nitrogen and oxygen atoms in total. The standard InChI is InChI=1S/C14H19NO3/c1-10-4-5-13(17-3)12(8-10)14(16)15-6-7-18-11(2)9-15/h4-5,8,11H,6-7,9H2,1-3H3/t11-/m0/s1. The molecule has 0 N–H and O–H groups in total. The zero-order valence-electron chi connectivity index (χ0n) is 11.1. The number of amides is 1. The maximum Gasteiger partial charge on any atom is 0.257 e. The number of aryl methyl sites for hydroxylation is 1. The lowest BCUT2D eigenvalue weighted by Gasteiger charge is -2.31. The van der Waals surface area contributed by atoms with Gasteiger partial charge in [-0.05, 0) is 26.0 Å². The summed E-state index contributed by atoms with van der Waals surface area (Å²) >= 11 is 0. The van der Waals surface area contributed by atoms with E-state index in [0.29, 0.717) is 31.0 Å². The summed E-state index contributed by atoms with van der Waals surface area (Å²) in [5.41, 5.74) is 1.69. The van der Waals surface area contributed by atoms with Gasteiger partial charge in [0.1, 0.15) is 5.75 Å². The molecule has 0 spiro atoms. The van der Waals surface area contributed by atoms with Crippen LogP contribution < -0.4 is 4.74 Å². The number of hydrogen-bond acceptors (Lipinski definition) is 3. The van der Waals surface area contributed by atoms with E-state index >= 15 is 0 Å². The number of ether oxygens (including phenoxy) is 2. The molecule has 1 aliphatic heterocycles. The molecule has 1 aromatic rings. The SMILES string of the molecule is COc1ccc(C)cc1C(=O)N1CCO[C@@H](C)C1. The van der Waals surface area contributed by atoms with E-state index in [-0.39, 0.29) is 12.0 Å². The lowest BCUT2D eigenvalue weighted by molar-refractivity contribution is -0.0125. The second-order valence-corrected chi connectivity index (χ2v) is 4.64. The van der Waals surface area contributed by atoms with Gasteiger partial charge in [-0.3, -0.25) is 4.79 Å². The number of rotatable bonds is 2. The molecule has 2 rings (SSSR count). The molecule has 0 unspecified atom stereocenters. The second-order valence-electron chi connectivity index (χ2n) is 4.64. The van der Waals surface area contributed by atoms with Crippen LogP contribution in [-0.4, -0.2) is 43.7 Å². The molecule has 0 radical (unpaired) electrons. The molecule has 0 bridgehead atoms. The zero-order valence-corrected chi connectivity index (χ0v) is 11.1. The van der Waals surface area contributed by atoms with Crippen LogP contribution in [0.2, 0.25) is 0 Å². The van der Waals surface area contributed by atoms with E-state index < -0.39 is 0 Å². The number of hydrogen-bond donors (Lipinski definition) is 0. The number of morpholine rings is 1. The van der Waals surface area contributed by atoms with Crippen molar-refractivity contribution in [3.05, 3.63) is 29.3 Å². The highest BCUT2D eigenvalue weighted by Crippen LogP contribution is 2.22. The summed E-state index contributed by atoms with van der Waals surface area (Å²) in [5.74, 6) is 0.649.